The first-order valence-corrected chi connectivity index (χ1v) is 7.91. The molecule has 1 aromatic rings. The monoisotopic (exact) mass is 275 g/mol. The third kappa shape index (κ3) is 3.33. The summed E-state index contributed by atoms with van der Waals surface area (Å²) in [7, 11) is 4.38. The fourth-order valence-electron chi connectivity index (χ4n) is 3.15. The predicted molar refractivity (Wildman–Crippen MR) is 87.4 cm³/mol. The Kier molecular flexibility index (Phi) is 5.44. The molecule has 3 heteroatoms. The van der Waals surface area contributed by atoms with Gasteiger partial charge in [-0.15, -0.1) is 0 Å². The summed E-state index contributed by atoms with van der Waals surface area (Å²) in [5.41, 5.74) is 10.3. The quantitative estimate of drug-likeness (QED) is 0.866. The first-order chi connectivity index (χ1) is 9.67. The Morgan fingerprint density at radius 2 is 2.20 bits per heavy atom. The molecule has 0 amide bonds. The Morgan fingerprint density at radius 1 is 1.40 bits per heavy atom. The van der Waals surface area contributed by atoms with E-state index in [2.05, 4.69) is 49.0 Å². The molecule has 0 bridgehead atoms. The largest absolute Gasteiger partial charge is 0.374 e. The summed E-state index contributed by atoms with van der Waals surface area (Å²) in [5.74, 6) is 0. The summed E-state index contributed by atoms with van der Waals surface area (Å²) < 4.78 is 0. The van der Waals surface area contributed by atoms with E-state index in [4.69, 9.17) is 5.73 Å². The molecular formula is C17H29N3. The minimum atomic E-state index is 0.346. The van der Waals surface area contributed by atoms with Gasteiger partial charge in [0.15, 0.2) is 0 Å². The van der Waals surface area contributed by atoms with Crippen molar-refractivity contribution in [2.45, 2.75) is 38.6 Å². The van der Waals surface area contributed by atoms with Gasteiger partial charge in [0.05, 0.1) is 0 Å². The Balaban J connectivity index is 2.18. The van der Waals surface area contributed by atoms with E-state index >= 15 is 0 Å². The third-order valence-corrected chi connectivity index (χ3v) is 4.46. The lowest BCUT2D eigenvalue weighted by atomic mass is 9.96. The number of likely N-dealkylation sites (N-methyl/N-ethyl adjacent to an activating group) is 1. The van der Waals surface area contributed by atoms with Gasteiger partial charge in [0.25, 0.3) is 0 Å². The molecular weight excluding hydrogens is 246 g/mol. The molecule has 0 spiro atoms. The van der Waals surface area contributed by atoms with E-state index < -0.39 is 0 Å². The molecule has 0 saturated carbocycles. The lowest BCUT2D eigenvalue weighted by Crippen LogP contribution is -2.32. The van der Waals surface area contributed by atoms with Crippen LogP contribution < -0.4 is 10.6 Å². The highest BCUT2D eigenvalue weighted by molar-refractivity contribution is 5.56. The van der Waals surface area contributed by atoms with Crippen LogP contribution in [-0.4, -0.2) is 38.6 Å². The summed E-state index contributed by atoms with van der Waals surface area (Å²) in [4.78, 5) is 4.76. The highest BCUT2D eigenvalue weighted by Gasteiger charge is 2.19. The Hall–Kier alpha value is -1.06. The van der Waals surface area contributed by atoms with E-state index in [0.717, 1.165) is 6.54 Å². The first kappa shape index (κ1) is 15.3. The predicted octanol–water partition coefficient (Wildman–Crippen LogP) is 2.80. The summed E-state index contributed by atoms with van der Waals surface area (Å²) in [6.07, 6.45) is 4.92. The van der Waals surface area contributed by atoms with Crippen LogP contribution in [0, 0.1) is 0 Å². The van der Waals surface area contributed by atoms with Crippen LogP contribution in [0.25, 0.3) is 0 Å². The van der Waals surface area contributed by atoms with Crippen LogP contribution >= 0.6 is 0 Å². The second-order valence-corrected chi connectivity index (χ2v) is 6.00. The van der Waals surface area contributed by atoms with Crippen LogP contribution in [-0.2, 0) is 6.42 Å². The Morgan fingerprint density at radius 3 is 2.90 bits per heavy atom. The molecule has 0 saturated heterocycles. The number of hydrogen-bond donors (Lipinski definition) is 1. The second-order valence-electron chi connectivity index (χ2n) is 6.00. The molecule has 0 aromatic heterocycles. The zero-order valence-electron chi connectivity index (χ0n) is 13.2. The van der Waals surface area contributed by atoms with Gasteiger partial charge in [-0.2, -0.15) is 0 Å². The van der Waals surface area contributed by atoms with Crippen molar-refractivity contribution in [3.63, 3.8) is 0 Å². The molecule has 3 nitrogen and oxygen atoms in total. The lowest BCUT2D eigenvalue weighted by Gasteiger charge is -2.31. The van der Waals surface area contributed by atoms with Gasteiger partial charge >= 0.3 is 0 Å². The molecule has 2 rings (SSSR count). The highest BCUT2D eigenvalue weighted by Crippen LogP contribution is 2.30. The minimum absolute atomic E-state index is 0.346. The van der Waals surface area contributed by atoms with Crippen LogP contribution in [0.15, 0.2) is 18.2 Å². The molecule has 0 radical (unpaired) electrons. The van der Waals surface area contributed by atoms with Crippen molar-refractivity contribution in [3.8, 4) is 0 Å². The number of hydrogen-bond acceptors (Lipinski definition) is 3. The minimum Gasteiger partial charge on any atom is -0.374 e. The highest BCUT2D eigenvalue weighted by atomic mass is 15.1. The molecule has 1 unspecified atom stereocenters. The fraction of sp³-hybridized carbons (Fsp3) is 0.647. The van der Waals surface area contributed by atoms with E-state index in [9.17, 15) is 0 Å². The van der Waals surface area contributed by atoms with Crippen molar-refractivity contribution in [2.24, 2.45) is 5.73 Å². The zero-order valence-corrected chi connectivity index (χ0v) is 13.2. The maximum Gasteiger partial charge on any atom is 0.0467 e. The number of aryl methyl sites for hydroxylation is 1. The standard InChI is InChI=1S/C17H29N3/c1-4-5-10-20(3)17(13-18)15-8-9-16-14(12-15)7-6-11-19(16)2/h8-9,12,17H,4-7,10-11,13,18H2,1-3H3. The first-order valence-electron chi connectivity index (χ1n) is 7.91. The summed E-state index contributed by atoms with van der Waals surface area (Å²) >= 11 is 0. The van der Waals surface area contributed by atoms with E-state index in [1.165, 1.54) is 49.0 Å². The van der Waals surface area contributed by atoms with E-state index in [-0.39, 0.29) is 0 Å². The fourth-order valence-corrected chi connectivity index (χ4v) is 3.15. The molecule has 0 aliphatic carbocycles. The molecule has 2 N–H and O–H groups in total. The molecule has 1 heterocycles. The summed E-state index contributed by atoms with van der Waals surface area (Å²) in [5, 5.41) is 0. The number of unbranched alkanes of at least 4 members (excludes halogenated alkanes) is 1. The van der Waals surface area contributed by atoms with Gasteiger partial charge in [0, 0.05) is 31.9 Å². The van der Waals surface area contributed by atoms with E-state index in [1.54, 1.807) is 0 Å². The number of anilines is 1. The van der Waals surface area contributed by atoms with Gasteiger partial charge in [-0.3, -0.25) is 4.90 Å². The maximum absolute atomic E-state index is 6.03. The van der Waals surface area contributed by atoms with Crippen molar-refractivity contribution in [1.82, 2.24) is 4.90 Å². The molecule has 1 aliphatic rings. The second kappa shape index (κ2) is 7.09. The Bertz CT molecular complexity index is 430. The maximum atomic E-state index is 6.03. The van der Waals surface area contributed by atoms with E-state index in [0.29, 0.717) is 12.6 Å². The van der Waals surface area contributed by atoms with Crippen LogP contribution in [0.5, 0.6) is 0 Å². The van der Waals surface area contributed by atoms with Crippen LogP contribution in [0.3, 0.4) is 0 Å². The molecule has 112 valence electrons. The number of rotatable bonds is 6. The molecule has 1 atom stereocenters. The Labute approximate surface area is 123 Å². The van der Waals surface area contributed by atoms with Crippen molar-refractivity contribution in [2.75, 3.05) is 38.6 Å². The summed E-state index contributed by atoms with van der Waals surface area (Å²) in [6, 6.07) is 7.27. The lowest BCUT2D eigenvalue weighted by molar-refractivity contribution is 0.246. The van der Waals surface area contributed by atoms with Gasteiger partial charge < -0.3 is 10.6 Å². The number of fused-ring (bicyclic) bond motifs is 1. The van der Waals surface area contributed by atoms with Crippen molar-refractivity contribution in [3.05, 3.63) is 29.3 Å². The topological polar surface area (TPSA) is 32.5 Å². The average molecular weight is 275 g/mol. The molecule has 0 fully saturated rings. The van der Waals surface area contributed by atoms with Crippen LogP contribution in [0.1, 0.15) is 43.4 Å². The van der Waals surface area contributed by atoms with Gasteiger partial charge in [-0.25, -0.2) is 0 Å². The van der Waals surface area contributed by atoms with Crippen LogP contribution in [0.2, 0.25) is 0 Å². The average Bonchev–Trinajstić information content (AvgIpc) is 2.46. The third-order valence-electron chi connectivity index (χ3n) is 4.46. The number of nitrogens with two attached hydrogens (primary N) is 1. The van der Waals surface area contributed by atoms with Crippen molar-refractivity contribution < 1.29 is 0 Å². The smallest absolute Gasteiger partial charge is 0.0467 e. The zero-order chi connectivity index (χ0) is 14.5. The van der Waals surface area contributed by atoms with Crippen LogP contribution in [0.4, 0.5) is 5.69 Å². The molecule has 20 heavy (non-hydrogen) atoms. The number of nitrogens with zero attached hydrogens (tertiary/aromatic N) is 2. The van der Waals surface area contributed by atoms with Gasteiger partial charge in [0.1, 0.15) is 0 Å². The van der Waals surface area contributed by atoms with Gasteiger partial charge in [-0.1, -0.05) is 25.5 Å². The number of benzene rings is 1. The van der Waals surface area contributed by atoms with Crippen molar-refractivity contribution in [1.29, 1.82) is 0 Å². The van der Waals surface area contributed by atoms with Gasteiger partial charge in [0.2, 0.25) is 0 Å². The van der Waals surface area contributed by atoms with Gasteiger partial charge in [-0.05, 0) is 50.0 Å². The summed E-state index contributed by atoms with van der Waals surface area (Å²) in [6.45, 7) is 5.22. The molecule has 1 aromatic carbocycles. The van der Waals surface area contributed by atoms with E-state index in [1.807, 2.05) is 0 Å². The SMILES string of the molecule is CCCCN(C)C(CN)c1ccc2c(c1)CCCN2C. The normalized spacial score (nSPS) is 16.4. The van der Waals surface area contributed by atoms with Crippen molar-refractivity contribution >= 4 is 5.69 Å². The molecule has 1 aliphatic heterocycles.